The molecule has 76 valence electrons. The van der Waals surface area contributed by atoms with Crippen LogP contribution >= 0.6 is 0 Å². The average molecular weight is 187 g/mol. The molecular weight excluding hydrogens is 170 g/mol. The number of nitrogens with one attached hydrogen (secondary N) is 2. The van der Waals surface area contributed by atoms with Gasteiger partial charge < -0.3 is 15.7 Å². The molecule has 1 atom stereocenters. The van der Waals surface area contributed by atoms with Crippen LogP contribution in [0.25, 0.3) is 0 Å². The molecule has 0 aliphatic carbocycles. The van der Waals surface area contributed by atoms with Crippen LogP contribution in [0.2, 0.25) is 0 Å². The molecule has 13 heavy (non-hydrogen) atoms. The average Bonchev–Trinajstić information content (AvgIpc) is 2.53. The Morgan fingerprint density at radius 1 is 1.69 bits per heavy atom. The van der Waals surface area contributed by atoms with E-state index in [1.807, 2.05) is 0 Å². The van der Waals surface area contributed by atoms with Crippen LogP contribution < -0.4 is 10.6 Å². The van der Waals surface area contributed by atoms with Crippen molar-refractivity contribution in [2.24, 2.45) is 0 Å². The lowest BCUT2D eigenvalue weighted by molar-refractivity contribution is 0.217. The Bertz CT molecular complexity index is 175. The highest BCUT2D eigenvalue weighted by molar-refractivity contribution is 5.73. The summed E-state index contributed by atoms with van der Waals surface area (Å²) in [5.74, 6) is 0. The van der Waals surface area contributed by atoms with Crippen molar-refractivity contribution in [1.29, 1.82) is 0 Å². The van der Waals surface area contributed by atoms with E-state index >= 15 is 0 Å². The van der Waals surface area contributed by atoms with Gasteiger partial charge in [0, 0.05) is 32.7 Å². The maximum Gasteiger partial charge on any atom is 0.314 e. The molecule has 0 aromatic heterocycles. The number of β-amino-alcohol motifs (C(OH)–C–C–N with tert-alkyl or cyclic N) is 1. The van der Waals surface area contributed by atoms with E-state index in [2.05, 4.69) is 15.5 Å². The van der Waals surface area contributed by atoms with Crippen LogP contribution in [0.4, 0.5) is 4.79 Å². The SMILES string of the molecule is CNC(=O)NC1CCN(CCO)C1. The van der Waals surface area contributed by atoms with E-state index in [0.29, 0.717) is 6.54 Å². The van der Waals surface area contributed by atoms with Gasteiger partial charge >= 0.3 is 6.03 Å². The number of aliphatic hydroxyl groups excluding tert-OH is 1. The van der Waals surface area contributed by atoms with Gasteiger partial charge in [-0.25, -0.2) is 4.79 Å². The molecule has 1 aliphatic rings. The molecule has 1 aliphatic heterocycles. The van der Waals surface area contributed by atoms with Crippen molar-refractivity contribution in [1.82, 2.24) is 15.5 Å². The first kappa shape index (κ1) is 10.3. The summed E-state index contributed by atoms with van der Waals surface area (Å²) in [6.45, 7) is 2.68. The third-order valence-corrected chi connectivity index (χ3v) is 2.25. The van der Waals surface area contributed by atoms with Crippen molar-refractivity contribution in [3.63, 3.8) is 0 Å². The summed E-state index contributed by atoms with van der Waals surface area (Å²) >= 11 is 0. The van der Waals surface area contributed by atoms with E-state index in [1.54, 1.807) is 7.05 Å². The molecule has 1 rings (SSSR count). The van der Waals surface area contributed by atoms with Crippen molar-refractivity contribution in [2.45, 2.75) is 12.5 Å². The molecule has 0 aromatic rings. The number of hydrogen-bond acceptors (Lipinski definition) is 3. The van der Waals surface area contributed by atoms with E-state index in [4.69, 9.17) is 5.11 Å². The van der Waals surface area contributed by atoms with Gasteiger partial charge in [0.15, 0.2) is 0 Å². The van der Waals surface area contributed by atoms with Gasteiger partial charge in [0.1, 0.15) is 0 Å². The monoisotopic (exact) mass is 187 g/mol. The van der Waals surface area contributed by atoms with Gasteiger partial charge in [-0.15, -0.1) is 0 Å². The van der Waals surface area contributed by atoms with Gasteiger partial charge in [-0.3, -0.25) is 4.90 Å². The van der Waals surface area contributed by atoms with Crippen molar-refractivity contribution in [3.8, 4) is 0 Å². The van der Waals surface area contributed by atoms with Crippen LogP contribution in [0.5, 0.6) is 0 Å². The Morgan fingerprint density at radius 2 is 2.46 bits per heavy atom. The number of hydrogen-bond donors (Lipinski definition) is 3. The minimum atomic E-state index is -0.129. The molecule has 3 N–H and O–H groups in total. The molecule has 5 nitrogen and oxygen atoms in total. The van der Waals surface area contributed by atoms with Crippen LogP contribution in [-0.4, -0.2) is 55.4 Å². The molecule has 1 heterocycles. The lowest BCUT2D eigenvalue weighted by Crippen LogP contribution is -2.42. The predicted octanol–water partition coefficient (Wildman–Crippen LogP) is -1.02. The normalized spacial score (nSPS) is 23.1. The van der Waals surface area contributed by atoms with Gasteiger partial charge in [-0.2, -0.15) is 0 Å². The number of aliphatic hydroxyl groups is 1. The highest BCUT2D eigenvalue weighted by Gasteiger charge is 2.22. The Balaban J connectivity index is 2.20. The van der Waals surface area contributed by atoms with Crippen molar-refractivity contribution < 1.29 is 9.90 Å². The zero-order valence-electron chi connectivity index (χ0n) is 7.92. The predicted molar refractivity (Wildman–Crippen MR) is 49.5 cm³/mol. The number of rotatable bonds is 3. The van der Waals surface area contributed by atoms with Gasteiger partial charge in [-0.1, -0.05) is 0 Å². The number of carbonyl (C=O) groups excluding carboxylic acids is 1. The Labute approximate surface area is 78.1 Å². The minimum Gasteiger partial charge on any atom is -0.395 e. The second-order valence-corrected chi connectivity index (χ2v) is 3.23. The molecule has 0 saturated carbocycles. The summed E-state index contributed by atoms with van der Waals surface area (Å²) in [7, 11) is 1.61. The van der Waals surface area contributed by atoms with Crippen molar-refractivity contribution >= 4 is 6.03 Å². The molecular formula is C8H17N3O2. The Morgan fingerprint density at radius 3 is 3.08 bits per heavy atom. The number of likely N-dealkylation sites (tertiary alicyclic amines) is 1. The van der Waals surface area contributed by atoms with Crippen LogP contribution in [-0.2, 0) is 0 Å². The summed E-state index contributed by atoms with van der Waals surface area (Å²) in [5.41, 5.74) is 0. The number of urea groups is 1. The largest absolute Gasteiger partial charge is 0.395 e. The van der Waals surface area contributed by atoms with Gasteiger partial charge in [0.25, 0.3) is 0 Å². The molecule has 1 unspecified atom stereocenters. The van der Waals surface area contributed by atoms with E-state index in [0.717, 1.165) is 19.5 Å². The molecule has 1 saturated heterocycles. The van der Waals surface area contributed by atoms with Crippen LogP contribution in [0, 0.1) is 0 Å². The number of nitrogens with zero attached hydrogens (tertiary/aromatic N) is 1. The van der Waals surface area contributed by atoms with E-state index in [1.165, 1.54) is 0 Å². The molecule has 1 fully saturated rings. The fourth-order valence-corrected chi connectivity index (χ4v) is 1.55. The zero-order valence-corrected chi connectivity index (χ0v) is 7.92. The fourth-order valence-electron chi connectivity index (χ4n) is 1.55. The van der Waals surface area contributed by atoms with Gasteiger partial charge in [0.2, 0.25) is 0 Å². The lowest BCUT2D eigenvalue weighted by Gasteiger charge is -2.14. The Hall–Kier alpha value is -0.810. The first-order valence-corrected chi connectivity index (χ1v) is 4.57. The first-order valence-electron chi connectivity index (χ1n) is 4.57. The van der Waals surface area contributed by atoms with Gasteiger partial charge in [-0.05, 0) is 6.42 Å². The van der Waals surface area contributed by atoms with Crippen LogP contribution in [0.15, 0.2) is 0 Å². The summed E-state index contributed by atoms with van der Waals surface area (Å²) in [4.78, 5) is 13.1. The lowest BCUT2D eigenvalue weighted by atomic mass is 10.3. The van der Waals surface area contributed by atoms with E-state index < -0.39 is 0 Å². The van der Waals surface area contributed by atoms with E-state index in [9.17, 15) is 4.79 Å². The first-order chi connectivity index (χ1) is 6.26. The third kappa shape index (κ3) is 3.20. The fraction of sp³-hybridized carbons (Fsp3) is 0.875. The van der Waals surface area contributed by atoms with Crippen LogP contribution in [0.3, 0.4) is 0 Å². The summed E-state index contributed by atoms with van der Waals surface area (Å²) < 4.78 is 0. The maximum atomic E-state index is 10.9. The molecule has 0 spiro atoms. The smallest absolute Gasteiger partial charge is 0.314 e. The second-order valence-electron chi connectivity index (χ2n) is 3.23. The highest BCUT2D eigenvalue weighted by atomic mass is 16.3. The van der Waals surface area contributed by atoms with E-state index in [-0.39, 0.29) is 18.7 Å². The second kappa shape index (κ2) is 5.04. The third-order valence-electron chi connectivity index (χ3n) is 2.25. The molecule has 5 heteroatoms. The van der Waals surface area contributed by atoms with Crippen molar-refractivity contribution in [3.05, 3.63) is 0 Å². The molecule has 0 aromatic carbocycles. The molecule has 0 bridgehead atoms. The Kier molecular flexibility index (Phi) is 3.98. The molecule has 0 radical (unpaired) electrons. The topological polar surface area (TPSA) is 64.6 Å². The summed E-state index contributed by atoms with van der Waals surface area (Å²) in [6.07, 6.45) is 0.966. The highest BCUT2D eigenvalue weighted by Crippen LogP contribution is 2.07. The number of amides is 2. The van der Waals surface area contributed by atoms with Gasteiger partial charge in [0.05, 0.1) is 6.61 Å². The summed E-state index contributed by atoms with van der Waals surface area (Å²) in [6, 6.07) is 0.0994. The maximum absolute atomic E-state index is 10.9. The summed E-state index contributed by atoms with van der Waals surface area (Å²) in [5, 5.41) is 14.1. The number of carbonyl (C=O) groups is 1. The van der Waals surface area contributed by atoms with Crippen LogP contribution in [0.1, 0.15) is 6.42 Å². The zero-order chi connectivity index (χ0) is 9.68. The molecule has 2 amide bonds. The quantitative estimate of drug-likeness (QED) is 0.530. The standard InChI is InChI=1S/C8H17N3O2/c1-9-8(13)10-7-2-3-11(6-7)4-5-12/h7,12H,2-6H2,1H3,(H2,9,10,13). The van der Waals surface area contributed by atoms with Crippen molar-refractivity contribution in [2.75, 3.05) is 33.3 Å². The minimum absolute atomic E-state index is 0.129.